The lowest BCUT2D eigenvalue weighted by atomic mass is 10.1. The van der Waals surface area contributed by atoms with Crippen LogP contribution in [0.2, 0.25) is 0 Å². The van der Waals surface area contributed by atoms with E-state index in [1.807, 2.05) is 30.3 Å². The second-order valence-corrected chi connectivity index (χ2v) is 4.80. The Balaban J connectivity index is 1.75. The van der Waals surface area contributed by atoms with Crippen molar-refractivity contribution in [3.05, 3.63) is 66.1 Å². The van der Waals surface area contributed by atoms with Crippen molar-refractivity contribution in [2.24, 2.45) is 0 Å². The first kappa shape index (κ1) is 14.8. The van der Waals surface area contributed by atoms with E-state index in [4.69, 9.17) is 9.26 Å². The first-order chi connectivity index (χ1) is 11.3. The Hall–Kier alpha value is -3.15. The second-order valence-electron chi connectivity index (χ2n) is 4.80. The average Bonchev–Trinajstić information content (AvgIpc) is 3.10. The molecule has 0 spiro atoms. The zero-order valence-corrected chi connectivity index (χ0v) is 12.5. The number of nitrogens with zero attached hydrogens (tertiary/aromatic N) is 2. The number of carbonyl (C=O) groups is 1. The number of pyridine rings is 1. The summed E-state index contributed by atoms with van der Waals surface area (Å²) in [4.78, 5) is 16.5. The Labute approximate surface area is 133 Å². The minimum atomic E-state index is -0.261. The van der Waals surface area contributed by atoms with Gasteiger partial charge in [0.15, 0.2) is 5.76 Å². The summed E-state index contributed by atoms with van der Waals surface area (Å²) in [6.07, 6.45) is 3.09. The molecule has 1 aromatic carbocycles. The second kappa shape index (κ2) is 6.74. The number of hydrogen-bond donors (Lipinski definition) is 1. The summed E-state index contributed by atoms with van der Waals surface area (Å²) in [6, 6.07) is 12.8. The van der Waals surface area contributed by atoms with E-state index in [0.717, 1.165) is 17.0 Å². The molecule has 6 heteroatoms. The quantitative estimate of drug-likeness (QED) is 0.784. The smallest absolute Gasteiger partial charge is 0.257 e. The van der Waals surface area contributed by atoms with Crippen molar-refractivity contribution >= 4 is 5.91 Å². The van der Waals surface area contributed by atoms with Gasteiger partial charge in [0.25, 0.3) is 5.91 Å². The van der Waals surface area contributed by atoms with E-state index in [1.165, 1.54) is 6.20 Å². The van der Waals surface area contributed by atoms with Crippen molar-refractivity contribution in [3.8, 4) is 17.1 Å². The molecular weight excluding hydrogens is 294 g/mol. The summed E-state index contributed by atoms with van der Waals surface area (Å²) < 4.78 is 10.3. The maximum atomic E-state index is 12.3. The fourth-order valence-electron chi connectivity index (χ4n) is 2.12. The monoisotopic (exact) mass is 309 g/mol. The molecule has 0 radical (unpaired) electrons. The van der Waals surface area contributed by atoms with Crippen LogP contribution in [0.3, 0.4) is 0 Å². The highest BCUT2D eigenvalue weighted by atomic mass is 16.5. The minimum absolute atomic E-state index is 0.261. The first-order valence-electron chi connectivity index (χ1n) is 7.05. The number of amides is 1. The van der Waals surface area contributed by atoms with Gasteiger partial charge >= 0.3 is 0 Å². The van der Waals surface area contributed by atoms with Crippen molar-refractivity contribution in [2.75, 3.05) is 7.11 Å². The lowest BCUT2D eigenvalue weighted by Crippen LogP contribution is -2.23. The van der Waals surface area contributed by atoms with Crippen LogP contribution in [0.5, 0.6) is 5.75 Å². The van der Waals surface area contributed by atoms with Gasteiger partial charge < -0.3 is 14.6 Å². The molecule has 116 valence electrons. The normalized spacial score (nSPS) is 10.3. The van der Waals surface area contributed by atoms with Gasteiger partial charge in [0.05, 0.1) is 25.5 Å². The summed E-state index contributed by atoms with van der Waals surface area (Å²) >= 11 is 0. The molecule has 23 heavy (non-hydrogen) atoms. The van der Waals surface area contributed by atoms with Crippen LogP contribution in [0.15, 0.2) is 59.4 Å². The van der Waals surface area contributed by atoms with Gasteiger partial charge in [-0.2, -0.15) is 0 Å². The molecule has 2 heterocycles. The molecule has 1 N–H and O–H groups in total. The van der Waals surface area contributed by atoms with Gasteiger partial charge in [-0.05, 0) is 36.4 Å². The van der Waals surface area contributed by atoms with Gasteiger partial charge in [-0.1, -0.05) is 11.2 Å². The van der Waals surface area contributed by atoms with E-state index in [1.54, 1.807) is 25.4 Å². The number of nitrogens with one attached hydrogen (secondary N) is 1. The zero-order chi connectivity index (χ0) is 16.1. The van der Waals surface area contributed by atoms with Crippen molar-refractivity contribution in [1.82, 2.24) is 15.5 Å². The Morgan fingerprint density at radius 1 is 1.22 bits per heavy atom. The third-order valence-corrected chi connectivity index (χ3v) is 3.32. The van der Waals surface area contributed by atoms with Gasteiger partial charge in [0.1, 0.15) is 11.3 Å². The van der Waals surface area contributed by atoms with Crippen LogP contribution in [0.1, 0.15) is 16.1 Å². The average molecular weight is 309 g/mol. The molecule has 0 saturated heterocycles. The number of benzene rings is 1. The summed E-state index contributed by atoms with van der Waals surface area (Å²) in [7, 11) is 1.60. The third kappa shape index (κ3) is 3.37. The summed E-state index contributed by atoms with van der Waals surface area (Å²) in [5, 5.41) is 6.54. The molecule has 0 unspecified atom stereocenters. The van der Waals surface area contributed by atoms with Crippen molar-refractivity contribution in [2.45, 2.75) is 6.54 Å². The molecule has 3 rings (SSSR count). The van der Waals surface area contributed by atoms with E-state index < -0.39 is 0 Å². The van der Waals surface area contributed by atoms with Crippen LogP contribution in [-0.4, -0.2) is 23.2 Å². The number of ether oxygens (including phenoxy) is 1. The highest BCUT2D eigenvalue weighted by Crippen LogP contribution is 2.25. The van der Waals surface area contributed by atoms with Gasteiger partial charge in [-0.15, -0.1) is 0 Å². The highest BCUT2D eigenvalue weighted by Gasteiger charge is 2.17. The van der Waals surface area contributed by atoms with Crippen molar-refractivity contribution in [3.63, 3.8) is 0 Å². The number of rotatable bonds is 5. The SMILES string of the molecule is COc1ccc(-c2oncc2C(=O)NCc2ccccn2)cc1. The molecule has 6 nitrogen and oxygen atoms in total. The third-order valence-electron chi connectivity index (χ3n) is 3.32. The number of carbonyl (C=O) groups excluding carboxylic acids is 1. The van der Waals surface area contributed by atoms with E-state index in [0.29, 0.717) is 17.9 Å². The van der Waals surface area contributed by atoms with Crippen LogP contribution < -0.4 is 10.1 Å². The molecule has 1 amide bonds. The first-order valence-corrected chi connectivity index (χ1v) is 7.05. The number of aromatic nitrogens is 2. The summed E-state index contributed by atoms with van der Waals surface area (Å²) in [6.45, 7) is 0.340. The zero-order valence-electron chi connectivity index (χ0n) is 12.5. The van der Waals surface area contributed by atoms with E-state index in [9.17, 15) is 4.79 Å². The Kier molecular flexibility index (Phi) is 4.33. The number of methoxy groups -OCH3 is 1. The highest BCUT2D eigenvalue weighted by molar-refractivity contribution is 5.99. The number of hydrogen-bond acceptors (Lipinski definition) is 5. The topological polar surface area (TPSA) is 77.2 Å². The maximum Gasteiger partial charge on any atom is 0.257 e. The van der Waals surface area contributed by atoms with Gasteiger partial charge in [-0.25, -0.2) is 0 Å². The molecule has 0 atom stereocenters. The minimum Gasteiger partial charge on any atom is -0.497 e. The Morgan fingerprint density at radius 2 is 2.04 bits per heavy atom. The van der Waals surface area contributed by atoms with Crippen LogP contribution in [-0.2, 0) is 6.54 Å². The molecule has 0 fully saturated rings. The van der Waals surface area contributed by atoms with Crippen LogP contribution in [0, 0.1) is 0 Å². The van der Waals surface area contributed by atoms with E-state index >= 15 is 0 Å². The molecule has 0 aliphatic heterocycles. The fourth-order valence-corrected chi connectivity index (χ4v) is 2.12. The van der Waals surface area contributed by atoms with E-state index in [2.05, 4.69) is 15.5 Å². The summed E-state index contributed by atoms with van der Waals surface area (Å²) in [5.41, 5.74) is 1.92. The Morgan fingerprint density at radius 3 is 2.74 bits per heavy atom. The van der Waals surface area contributed by atoms with Crippen LogP contribution in [0.25, 0.3) is 11.3 Å². The molecule has 3 aromatic rings. The van der Waals surface area contributed by atoms with Gasteiger partial charge in [0.2, 0.25) is 0 Å². The van der Waals surface area contributed by atoms with Crippen LogP contribution >= 0.6 is 0 Å². The van der Waals surface area contributed by atoms with Crippen LogP contribution in [0.4, 0.5) is 0 Å². The Bertz CT molecular complexity index is 782. The van der Waals surface area contributed by atoms with Crippen molar-refractivity contribution < 1.29 is 14.1 Å². The molecule has 0 aliphatic rings. The molecule has 0 aliphatic carbocycles. The van der Waals surface area contributed by atoms with Gasteiger partial charge in [0, 0.05) is 11.8 Å². The fraction of sp³-hybridized carbons (Fsp3) is 0.118. The maximum absolute atomic E-state index is 12.3. The molecule has 0 bridgehead atoms. The molecule has 2 aromatic heterocycles. The lowest BCUT2D eigenvalue weighted by Gasteiger charge is -2.05. The molecular formula is C17H15N3O3. The van der Waals surface area contributed by atoms with Gasteiger partial charge in [-0.3, -0.25) is 9.78 Å². The predicted octanol–water partition coefficient (Wildman–Crippen LogP) is 2.68. The summed E-state index contributed by atoms with van der Waals surface area (Å²) in [5.74, 6) is 0.892. The standard InChI is InChI=1S/C17H15N3O3/c1-22-14-7-5-12(6-8-14)16-15(11-20-23-16)17(21)19-10-13-4-2-3-9-18-13/h2-9,11H,10H2,1H3,(H,19,21). The molecule has 0 saturated carbocycles. The lowest BCUT2D eigenvalue weighted by molar-refractivity contribution is 0.0950. The largest absolute Gasteiger partial charge is 0.497 e. The predicted molar refractivity (Wildman–Crippen MR) is 83.9 cm³/mol. The van der Waals surface area contributed by atoms with Crippen molar-refractivity contribution in [1.29, 1.82) is 0 Å². The van der Waals surface area contributed by atoms with E-state index in [-0.39, 0.29) is 5.91 Å².